The Bertz CT molecular complexity index is 267. The van der Waals surface area contributed by atoms with Crippen LogP contribution in [0.25, 0.3) is 0 Å². The van der Waals surface area contributed by atoms with E-state index in [1.807, 2.05) is 6.92 Å². The van der Waals surface area contributed by atoms with Crippen LogP contribution in [0.5, 0.6) is 0 Å². The van der Waals surface area contributed by atoms with Gasteiger partial charge in [0.1, 0.15) is 0 Å². The van der Waals surface area contributed by atoms with Gasteiger partial charge >= 0.3 is 0 Å². The van der Waals surface area contributed by atoms with E-state index >= 15 is 0 Å². The lowest BCUT2D eigenvalue weighted by Gasteiger charge is -2.53. The Kier molecular flexibility index (Phi) is 2.29. The Labute approximate surface area is 84.7 Å². The summed E-state index contributed by atoms with van der Waals surface area (Å²) < 4.78 is 5.32. The van der Waals surface area contributed by atoms with Crippen molar-refractivity contribution >= 4 is 0 Å². The van der Waals surface area contributed by atoms with Crippen molar-refractivity contribution < 1.29 is 9.84 Å². The highest BCUT2D eigenvalue weighted by Crippen LogP contribution is 2.54. The van der Waals surface area contributed by atoms with Gasteiger partial charge in [-0.3, -0.25) is 0 Å². The second kappa shape index (κ2) is 3.22. The molecule has 0 radical (unpaired) electrons. The molecule has 3 heteroatoms. The van der Waals surface area contributed by atoms with Crippen LogP contribution in [0.4, 0.5) is 0 Å². The lowest BCUT2D eigenvalue weighted by molar-refractivity contribution is -0.182. The van der Waals surface area contributed by atoms with Crippen LogP contribution in [0.15, 0.2) is 0 Å². The van der Waals surface area contributed by atoms with E-state index in [0.29, 0.717) is 19.6 Å². The van der Waals surface area contributed by atoms with Crippen molar-refractivity contribution in [3.8, 4) is 6.07 Å². The predicted octanol–water partition coefficient (Wildman–Crippen LogP) is 1.47. The molecule has 2 unspecified atom stereocenters. The Morgan fingerprint density at radius 2 is 2.14 bits per heavy atom. The Balaban J connectivity index is 2.25. The zero-order valence-electron chi connectivity index (χ0n) is 8.62. The van der Waals surface area contributed by atoms with E-state index in [-0.39, 0.29) is 5.92 Å². The molecule has 0 aromatic rings. The molecule has 2 atom stereocenters. The maximum Gasteiger partial charge on any atom is 0.0902 e. The Morgan fingerprint density at radius 3 is 2.57 bits per heavy atom. The normalized spacial score (nSPS) is 41.1. The summed E-state index contributed by atoms with van der Waals surface area (Å²) >= 11 is 0. The molecule has 14 heavy (non-hydrogen) atoms. The van der Waals surface area contributed by atoms with Gasteiger partial charge in [-0.05, 0) is 12.8 Å². The van der Waals surface area contributed by atoms with Crippen molar-refractivity contribution in [2.45, 2.75) is 38.2 Å². The number of hydrogen-bond donors (Lipinski definition) is 1. The summed E-state index contributed by atoms with van der Waals surface area (Å²) in [6, 6.07) is 2.35. The van der Waals surface area contributed by atoms with Gasteiger partial charge in [-0.25, -0.2) is 0 Å². The molecule has 1 heterocycles. The molecule has 0 amide bonds. The van der Waals surface area contributed by atoms with Crippen LogP contribution >= 0.6 is 0 Å². The molecule has 1 aliphatic carbocycles. The zero-order chi connectivity index (χ0) is 10.2. The van der Waals surface area contributed by atoms with Gasteiger partial charge in [0.05, 0.1) is 23.7 Å². The van der Waals surface area contributed by atoms with Crippen molar-refractivity contribution in [2.75, 3.05) is 13.2 Å². The molecular formula is C11H17NO2. The summed E-state index contributed by atoms with van der Waals surface area (Å²) in [6.07, 6.45) is 3.39. The van der Waals surface area contributed by atoms with E-state index in [9.17, 15) is 10.4 Å². The molecule has 2 aliphatic rings. The summed E-state index contributed by atoms with van der Waals surface area (Å²) in [7, 11) is 0. The molecule has 0 aromatic carbocycles. The molecule has 78 valence electrons. The van der Waals surface area contributed by atoms with E-state index in [0.717, 1.165) is 19.3 Å². The molecule has 0 bridgehead atoms. The van der Waals surface area contributed by atoms with Crippen LogP contribution < -0.4 is 0 Å². The first-order valence-corrected chi connectivity index (χ1v) is 5.36. The van der Waals surface area contributed by atoms with Crippen molar-refractivity contribution in [1.82, 2.24) is 0 Å². The van der Waals surface area contributed by atoms with Crippen LogP contribution in [-0.4, -0.2) is 23.9 Å². The summed E-state index contributed by atoms with van der Waals surface area (Å²) in [5.41, 5.74) is -1.28. The smallest absolute Gasteiger partial charge is 0.0902 e. The van der Waals surface area contributed by atoms with Gasteiger partial charge in [0.15, 0.2) is 0 Å². The molecule has 2 rings (SSSR count). The molecular weight excluding hydrogens is 178 g/mol. The zero-order valence-corrected chi connectivity index (χ0v) is 8.62. The van der Waals surface area contributed by atoms with Crippen LogP contribution in [0, 0.1) is 22.7 Å². The van der Waals surface area contributed by atoms with Crippen molar-refractivity contribution in [1.29, 1.82) is 5.26 Å². The van der Waals surface area contributed by atoms with Gasteiger partial charge in [-0.2, -0.15) is 5.26 Å². The fraction of sp³-hybridized carbons (Fsp3) is 0.909. The average Bonchev–Trinajstić information content (AvgIpc) is 2.09. The minimum absolute atomic E-state index is 0.0798. The topological polar surface area (TPSA) is 53.2 Å². The quantitative estimate of drug-likeness (QED) is 0.689. The number of rotatable bonds is 1. The molecule has 0 aromatic heterocycles. The summed E-state index contributed by atoms with van der Waals surface area (Å²) in [4.78, 5) is 0. The van der Waals surface area contributed by atoms with E-state index in [4.69, 9.17) is 4.74 Å². The SMILES string of the molecule is CC1COCCC1(O)C1(C#N)CCC1. The van der Waals surface area contributed by atoms with Gasteiger partial charge in [0, 0.05) is 18.9 Å². The standard InChI is InChI=1S/C11H17NO2/c1-9-7-14-6-5-11(9,13)10(8-12)3-2-4-10/h9,13H,2-7H2,1H3. The van der Waals surface area contributed by atoms with Crippen molar-refractivity contribution in [3.63, 3.8) is 0 Å². The number of aliphatic hydroxyl groups is 1. The lowest BCUT2D eigenvalue weighted by atomic mass is 9.55. The number of nitrogens with zero attached hydrogens (tertiary/aromatic N) is 1. The molecule has 2 fully saturated rings. The first-order valence-electron chi connectivity index (χ1n) is 5.36. The Morgan fingerprint density at radius 1 is 1.43 bits per heavy atom. The minimum atomic E-state index is -0.807. The predicted molar refractivity (Wildman–Crippen MR) is 51.4 cm³/mol. The molecule has 1 N–H and O–H groups in total. The molecule has 1 saturated carbocycles. The molecule has 1 aliphatic heterocycles. The summed E-state index contributed by atoms with van der Waals surface area (Å²) in [6.45, 7) is 3.15. The molecule has 3 nitrogen and oxygen atoms in total. The molecule has 1 saturated heterocycles. The van der Waals surface area contributed by atoms with Gasteiger partial charge in [-0.1, -0.05) is 13.3 Å². The maximum absolute atomic E-state index is 10.6. The highest BCUT2D eigenvalue weighted by Gasteiger charge is 2.57. The number of ether oxygens (including phenoxy) is 1. The fourth-order valence-electron chi connectivity index (χ4n) is 2.75. The number of nitriles is 1. The van der Waals surface area contributed by atoms with Crippen molar-refractivity contribution in [3.05, 3.63) is 0 Å². The van der Waals surface area contributed by atoms with Crippen LogP contribution in [0.2, 0.25) is 0 Å². The largest absolute Gasteiger partial charge is 0.388 e. The van der Waals surface area contributed by atoms with Gasteiger partial charge in [0.2, 0.25) is 0 Å². The highest BCUT2D eigenvalue weighted by molar-refractivity contribution is 5.17. The van der Waals surface area contributed by atoms with Crippen LogP contribution in [0.3, 0.4) is 0 Å². The van der Waals surface area contributed by atoms with Crippen molar-refractivity contribution in [2.24, 2.45) is 11.3 Å². The van der Waals surface area contributed by atoms with Gasteiger partial charge < -0.3 is 9.84 Å². The molecule has 0 spiro atoms. The average molecular weight is 195 g/mol. The van der Waals surface area contributed by atoms with E-state index in [1.54, 1.807) is 0 Å². The number of hydrogen-bond acceptors (Lipinski definition) is 3. The van der Waals surface area contributed by atoms with Gasteiger partial charge in [0.25, 0.3) is 0 Å². The lowest BCUT2D eigenvalue weighted by Crippen LogP contribution is -2.59. The third kappa shape index (κ3) is 1.11. The third-order valence-electron chi connectivity index (χ3n) is 4.06. The van der Waals surface area contributed by atoms with Crippen LogP contribution in [-0.2, 0) is 4.74 Å². The second-order valence-electron chi connectivity index (χ2n) is 4.70. The van der Waals surface area contributed by atoms with E-state index in [2.05, 4.69) is 6.07 Å². The summed E-state index contributed by atoms with van der Waals surface area (Å²) in [5.74, 6) is 0.0798. The first-order chi connectivity index (χ1) is 6.65. The first kappa shape index (κ1) is 9.95. The van der Waals surface area contributed by atoms with Crippen LogP contribution in [0.1, 0.15) is 32.6 Å². The van der Waals surface area contributed by atoms with E-state index in [1.165, 1.54) is 0 Å². The fourth-order valence-corrected chi connectivity index (χ4v) is 2.75. The monoisotopic (exact) mass is 195 g/mol. The maximum atomic E-state index is 10.6. The Hall–Kier alpha value is -0.590. The second-order valence-corrected chi connectivity index (χ2v) is 4.70. The third-order valence-corrected chi connectivity index (χ3v) is 4.06. The van der Waals surface area contributed by atoms with E-state index < -0.39 is 11.0 Å². The van der Waals surface area contributed by atoms with Gasteiger partial charge in [-0.15, -0.1) is 0 Å². The summed E-state index contributed by atoms with van der Waals surface area (Å²) in [5, 5.41) is 19.8. The minimum Gasteiger partial charge on any atom is -0.388 e. The highest BCUT2D eigenvalue weighted by atomic mass is 16.5.